The van der Waals surface area contributed by atoms with Gasteiger partial charge >= 0.3 is 5.97 Å². The number of oxime groups is 1. The lowest BCUT2D eigenvalue weighted by Gasteiger charge is -2.19. The number of benzene rings is 2. The van der Waals surface area contributed by atoms with Gasteiger partial charge in [0.25, 0.3) is 0 Å². The van der Waals surface area contributed by atoms with E-state index in [0.717, 1.165) is 0 Å². The Morgan fingerprint density at radius 1 is 1.00 bits per heavy atom. The Bertz CT molecular complexity index is 870. The maximum Gasteiger partial charge on any atom is 0.374 e. The minimum atomic E-state index is -0.850. The highest BCUT2D eigenvalue weighted by Gasteiger charge is 2.19. The van der Waals surface area contributed by atoms with E-state index in [1.807, 2.05) is 24.3 Å². The van der Waals surface area contributed by atoms with Gasteiger partial charge in [0.1, 0.15) is 5.75 Å². The van der Waals surface area contributed by atoms with Crippen LogP contribution in [0.5, 0.6) is 17.2 Å². The number of nitrogens with two attached hydrogens (primary N) is 1. The van der Waals surface area contributed by atoms with Crippen LogP contribution in [0.3, 0.4) is 0 Å². The van der Waals surface area contributed by atoms with Gasteiger partial charge in [0.2, 0.25) is 0 Å². The molecule has 0 radical (unpaired) electrons. The van der Waals surface area contributed by atoms with E-state index in [1.165, 1.54) is 19.8 Å². The molecule has 0 heterocycles. The standard InChI is InChI=1S/C22H28N2O5/c1-14(28-17-10-8-16(9-11-17)22(2,3)4)21(25)29-24-20(23)15-7-12-18(26-5)19(13-15)27-6/h7-14H,1-6H3,(H2,23,24). The van der Waals surface area contributed by atoms with Crippen LogP contribution < -0.4 is 19.9 Å². The highest BCUT2D eigenvalue weighted by atomic mass is 16.7. The van der Waals surface area contributed by atoms with Crippen molar-refractivity contribution in [3.8, 4) is 17.2 Å². The lowest BCUT2D eigenvalue weighted by molar-refractivity contribution is -0.151. The maximum atomic E-state index is 12.2. The molecule has 0 saturated heterocycles. The topological polar surface area (TPSA) is 92.4 Å². The molecule has 2 rings (SSSR count). The van der Waals surface area contributed by atoms with Crippen molar-refractivity contribution in [1.82, 2.24) is 0 Å². The minimum Gasteiger partial charge on any atom is -0.493 e. The molecular weight excluding hydrogens is 372 g/mol. The summed E-state index contributed by atoms with van der Waals surface area (Å²) in [5, 5.41) is 3.70. The largest absolute Gasteiger partial charge is 0.493 e. The Balaban J connectivity index is 2.00. The third-order valence-corrected chi connectivity index (χ3v) is 4.28. The average molecular weight is 400 g/mol. The van der Waals surface area contributed by atoms with E-state index in [0.29, 0.717) is 22.8 Å². The van der Waals surface area contributed by atoms with E-state index in [1.54, 1.807) is 25.1 Å². The van der Waals surface area contributed by atoms with Crippen LogP contribution in [0.4, 0.5) is 0 Å². The number of rotatable bonds is 7. The molecule has 0 aliphatic rings. The Kier molecular flexibility index (Phi) is 7.09. The van der Waals surface area contributed by atoms with Crippen LogP contribution in [0.25, 0.3) is 0 Å². The molecule has 0 fully saturated rings. The van der Waals surface area contributed by atoms with Crippen LogP contribution in [-0.4, -0.2) is 32.1 Å². The van der Waals surface area contributed by atoms with Crippen molar-refractivity contribution in [2.75, 3.05) is 14.2 Å². The Morgan fingerprint density at radius 2 is 1.62 bits per heavy atom. The van der Waals surface area contributed by atoms with Crippen molar-refractivity contribution >= 4 is 11.8 Å². The summed E-state index contributed by atoms with van der Waals surface area (Å²) < 4.78 is 16.0. The number of methoxy groups -OCH3 is 2. The molecule has 2 aromatic carbocycles. The van der Waals surface area contributed by atoms with Crippen LogP contribution >= 0.6 is 0 Å². The molecule has 0 bridgehead atoms. The number of hydrogen-bond donors (Lipinski definition) is 1. The van der Waals surface area contributed by atoms with Crippen LogP contribution in [0.1, 0.15) is 38.8 Å². The zero-order valence-corrected chi connectivity index (χ0v) is 17.7. The van der Waals surface area contributed by atoms with E-state index in [9.17, 15) is 4.79 Å². The first-order valence-corrected chi connectivity index (χ1v) is 9.19. The lowest BCUT2D eigenvalue weighted by atomic mass is 9.87. The van der Waals surface area contributed by atoms with E-state index >= 15 is 0 Å². The summed E-state index contributed by atoms with van der Waals surface area (Å²) in [6.45, 7) is 7.97. The second-order valence-corrected chi connectivity index (χ2v) is 7.49. The Labute approximate surface area is 171 Å². The summed E-state index contributed by atoms with van der Waals surface area (Å²) in [7, 11) is 3.05. The summed E-state index contributed by atoms with van der Waals surface area (Å²) in [6, 6.07) is 12.6. The predicted octanol–water partition coefficient (Wildman–Crippen LogP) is 3.63. The van der Waals surface area contributed by atoms with Gasteiger partial charge in [-0.2, -0.15) is 0 Å². The van der Waals surface area contributed by atoms with Gasteiger partial charge in [-0.3, -0.25) is 0 Å². The number of carbonyl (C=O) groups excluding carboxylic acids is 1. The number of nitrogens with zero attached hydrogens (tertiary/aromatic N) is 1. The van der Waals surface area contributed by atoms with Gasteiger partial charge in [-0.05, 0) is 48.2 Å². The molecule has 0 spiro atoms. The second-order valence-electron chi connectivity index (χ2n) is 7.49. The molecule has 0 aliphatic heterocycles. The van der Waals surface area contributed by atoms with Gasteiger partial charge in [-0.25, -0.2) is 4.79 Å². The average Bonchev–Trinajstić information content (AvgIpc) is 2.70. The van der Waals surface area contributed by atoms with Gasteiger partial charge < -0.3 is 24.8 Å². The van der Waals surface area contributed by atoms with Gasteiger partial charge in [0, 0.05) is 5.56 Å². The molecular formula is C22H28N2O5. The molecule has 1 atom stereocenters. The Morgan fingerprint density at radius 3 is 2.17 bits per heavy atom. The summed E-state index contributed by atoms with van der Waals surface area (Å²) in [4.78, 5) is 17.1. The first-order chi connectivity index (χ1) is 13.7. The lowest BCUT2D eigenvalue weighted by Crippen LogP contribution is -2.26. The summed E-state index contributed by atoms with van der Waals surface area (Å²) in [6.07, 6.45) is -0.850. The molecule has 0 aliphatic carbocycles. The van der Waals surface area contributed by atoms with E-state index in [2.05, 4.69) is 25.9 Å². The van der Waals surface area contributed by atoms with Crippen molar-refractivity contribution in [3.63, 3.8) is 0 Å². The number of carbonyl (C=O) groups is 1. The molecule has 7 heteroatoms. The SMILES string of the molecule is COc1ccc(C(N)=NOC(=O)C(C)Oc2ccc(C(C)(C)C)cc2)cc1OC. The van der Waals surface area contributed by atoms with E-state index in [-0.39, 0.29) is 11.3 Å². The molecule has 156 valence electrons. The van der Waals surface area contributed by atoms with Crippen molar-refractivity contribution < 1.29 is 23.8 Å². The normalized spacial score (nSPS) is 12.8. The predicted molar refractivity (Wildman–Crippen MR) is 112 cm³/mol. The molecule has 1 unspecified atom stereocenters. The molecule has 2 N–H and O–H groups in total. The van der Waals surface area contributed by atoms with Crippen molar-refractivity contribution in [2.24, 2.45) is 10.9 Å². The van der Waals surface area contributed by atoms with Crippen molar-refractivity contribution in [3.05, 3.63) is 53.6 Å². The second kappa shape index (κ2) is 9.32. The first kappa shape index (κ1) is 22.1. The van der Waals surface area contributed by atoms with E-state index < -0.39 is 12.1 Å². The molecule has 2 aromatic rings. The van der Waals surface area contributed by atoms with Crippen LogP contribution in [0.2, 0.25) is 0 Å². The molecule has 0 amide bonds. The third kappa shape index (κ3) is 5.88. The minimum absolute atomic E-state index is 0.0287. The monoisotopic (exact) mass is 400 g/mol. The molecule has 7 nitrogen and oxygen atoms in total. The van der Waals surface area contributed by atoms with Gasteiger partial charge in [0.05, 0.1) is 14.2 Å². The summed E-state index contributed by atoms with van der Waals surface area (Å²) in [5.41, 5.74) is 7.65. The third-order valence-electron chi connectivity index (χ3n) is 4.28. The fourth-order valence-corrected chi connectivity index (χ4v) is 2.50. The highest BCUT2D eigenvalue weighted by Crippen LogP contribution is 2.27. The fourth-order valence-electron chi connectivity index (χ4n) is 2.50. The van der Waals surface area contributed by atoms with Gasteiger partial charge in [0.15, 0.2) is 23.4 Å². The smallest absolute Gasteiger partial charge is 0.374 e. The summed E-state index contributed by atoms with van der Waals surface area (Å²) in [5.74, 6) is 0.985. The zero-order valence-electron chi connectivity index (χ0n) is 17.7. The number of hydrogen-bond acceptors (Lipinski definition) is 6. The van der Waals surface area contributed by atoms with Crippen LogP contribution in [0, 0.1) is 0 Å². The van der Waals surface area contributed by atoms with Crippen molar-refractivity contribution in [1.29, 1.82) is 0 Å². The van der Waals surface area contributed by atoms with Gasteiger partial charge in [-0.15, -0.1) is 0 Å². The molecule has 0 saturated carbocycles. The zero-order chi connectivity index (χ0) is 21.6. The fraction of sp³-hybridized carbons (Fsp3) is 0.364. The summed E-state index contributed by atoms with van der Waals surface area (Å²) >= 11 is 0. The van der Waals surface area contributed by atoms with E-state index in [4.69, 9.17) is 24.8 Å². The quantitative estimate of drug-likeness (QED) is 0.330. The van der Waals surface area contributed by atoms with Gasteiger partial charge in [-0.1, -0.05) is 38.1 Å². The molecule has 0 aromatic heterocycles. The van der Waals surface area contributed by atoms with Crippen LogP contribution in [0.15, 0.2) is 47.6 Å². The number of amidine groups is 1. The van der Waals surface area contributed by atoms with Crippen molar-refractivity contribution in [2.45, 2.75) is 39.2 Å². The first-order valence-electron chi connectivity index (χ1n) is 9.19. The molecule has 29 heavy (non-hydrogen) atoms. The Hall–Kier alpha value is -3.22. The van der Waals surface area contributed by atoms with Crippen LogP contribution in [-0.2, 0) is 15.0 Å². The number of ether oxygens (including phenoxy) is 3. The highest BCUT2D eigenvalue weighted by molar-refractivity contribution is 5.98. The maximum absolute atomic E-state index is 12.2.